The van der Waals surface area contributed by atoms with Crippen LogP contribution in [-0.2, 0) is 6.42 Å². The van der Waals surface area contributed by atoms with Gasteiger partial charge in [0.15, 0.2) is 0 Å². The molecule has 0 bridgehead atoms. The molecular formula is C15H18FN3O2S. The number of aliphatic hydroxyl groups is 1. The third-order valence-corrected chi connectivity index (χ3v) is 3.88. The zero-order valence-corrected chi connectivity index (χ0v) is 13.0. The summed E-state index contributed by atoms with van der Waals surface area (Å²) in [6, 6.07) is 5.55. The van der Waals surface area contributed by atoms with E-state index in [1.807, 2.05) is 12.3 Å². The van der Waals surface area contributed by atoms with Crippen LogP contribution in [0.4, 0.5) is 9.18 Å². The fourth-order valence-electron chi connectivity index (χ4n) is 1.93. The van der Waals surface area contributed by atoms with Crippen LogP contribution in [0.1, 0.15) is 22.4 Å². The lowest BCUT2D eigenvalue weighted by atomic mass is 10.1. The summed E-state index contributed by atoms with van der Waals surface area (Å²) in [5.74, 6) is -0.490. The predicted octanol–water partition coefficient (Wildman–Crippen LogP) is 2.17. The number of rotatable bonds is 6. The summed E-state index contributed by atoms with van der Waals surface area (Å²) in [6.45, 7) is 2.33. The van der Waals surface area contributed by atoms with E-state index in [1.54, 1.807) is 23.5 Å². The van der Waals surface area contributed by atoms with E-state index in [1.165, 1.54) is 12.1 Å². The molecule has 0 saturated carbocycles. The minimum Gasteiger partial charge on any atom is -0.386 e. The molecule has 0 fully saturated rings. The topological polar surface area (TPSA) is 74.2 Å². The molecule has 2 aromatic rings. The summed E-state index contributed by atoms with van der Waals surface area (Å²) in [7, 11) is 0. The summed E-state index contributed by atoms with van der Waals surface area (Å²) in [5, 5.41) is 18.0. The predicted molar refractivity (Wildman–Crippen MR) is 83.3 cm³/mol. The van der Waals surface area contributed by atoms with Crippen molar-refractivity contribution in [1.29, 1.82) is 0 Å². The summed E-state index contributed by atoms with van der Waals surface area (Å²) < 4.78 is 13.5. The van der Waals surface area contributed by atoms with E-state index in [9.17, 15) is 14.3 Å². The van der Waals surface area contributed by atoms with Gasteiger partial charge in [-0.2, -0.15) is 0 Å². The molecule has 1 atom stereocenters. The van der Waals surface area contributed by atoms with Gasteiger partial charge in [0.2, 0.25) is 0 Å². The average molecular weight is 323 g/mol. The van der Waals surface area contributed by atoms with Gasteiger partial charge in [-0.05, 0) is 13.0 Å². The van der Waals surface area contributed by atoms with Crippen molar-refractivity contribution in [2.24, 2.45) is 0 Å². The Morgan fingerprint density at radius 3 is 2.86 bits per heavy atom. The van der Waals surface area contributed by atoms with Crippen molar-refractivity contribution in [2.45, 2.75) is 19.4 Å². The first-order valence-electron chi connectivity index (χ1n) is 6.91. The molecular weight excluding hydrogens is 305 g/mol. The standard InChI is InChI=1S/C15H18FN3O2S/c1-10-19-11(9-22-10)6-7-17-15(21)18-8-14(20)12-4-2-3-5-13(12)16/h2-5,9,14,20H,6-8H2,1H3,(H2,17,18,21). The number of nitrogens with zero attached hydrogens (tertiary/aromatic N) is 1. The summed E-state index contributed by atoms with van der Waals surface area (Å²) in [4.78, 5) is 15.9. The average Bonchev–Trinajstić information content (AvgIpc) is 2.91. The van der Waals surface area contributed by atoms with E-state index in [0.717, 1.165) is 10.7 Å². The number of carbonyl (C=O) groups excluding carboxylic acids is 1. The molecule has 3 N–H and O–H groups in total. The fraction of sp³-hybridized carbons (Fsp3) is 0.333. The Morgan fingerprint density at radius 1 is 1.41 bits per heavy atom. The summed E-state index contributed by atoms with van der Waals surface area (Å²) in [5.41, 5.74) is 1.11. The highest BCUT2D eigenvalue weighted by Gasteiger charge is 2.13. The van der Waals surface area contributed by atoms with Crippen LogP contribution in [0.25, 0.3) is 0 Å². The van der Waals surface area contributed by atoms with Crippen molar-refractivity contribution in [3.05, 3.63) is 51.7 Å². The van der Waals surface area contributed by atoms with Crippen molar-refractivity contribution < 1.29 is 14.3 Å². The second-order valence-corrected chi connectivity index (χ2v) is 5.84. The molecule has 0 aliphatic heterocycles. The number of aliphatic hydroxyl groups excluding tert-OH is 1. The van der Waals surface area contributed by atoms with E-state index in [2.05, 4.69) is 15.6 Å². The maximum Gasteiger partial charge on any atom is 0.314 e. The monoisotopic (exact) mass is 323 g/mol. The second-order valence-electron chi connectivity index (χ2n) is 4.78. The number of hydrogen-bond donors (Lipinski definition) is 3. The number of aryl methyl sites for hydroxylation is 1. The molecule has 0 aliphatic carbocycles. The van der Waals surface area contributed by atoms with Crippen molar-refractivity contribution in [3.63, 3.8) is 0 Å². The normalized spacial score (nSPS) is 12.0. The van der Waals surface area contributed by atoms with Crippen molar-refractivity contribution >= 4 is 17.4 Å². The quantitative estimate of drug-likeness (QED) is 0.763. The van der Waals surface area contributed by atoms with Crippen LogP contribution in [0.15, 0.2) is 29.6 Å². The number of hydrogen-bond acceptors (Lipinski definition) is 4. The molecule has 0 aliphatic rings. The Kier molecular flexibility index (Phi) is 5.85. The van der Waals surface area contributed by atoms with Crippen molar-refractivity contribution in [2.75, 3.05) is 13.1 Å². The van der Waals surface area contributed by atoms with Gasteiger partial charge >= 0.3 is 6.03 Å². The van der Waals surface area contributed by atoms with Gasteiger partial charge in [0.1, 0.15) is 5.82 Å². The molecule has 1 unspecified atom stereocenters. The lowest BCUT2D eigenvalue weighted by Crippen LogP contribution is -2.38. The number of carbonyl (C=O) groups is 1. The third-order valence-electron chi connectivity index (χ3n) is 3.05. The first-order valence-corrected chi connectivity index (χ1v) is 7.79. The molecule has 0 saturated heterocycles. The Balaban J connectivity index is 1.70. The summed E-state index contributed by atoms with van der Waals surface area (Å²) >= 11 is 1.57. The number of amides is 2. The first kappa shape index (κ1) is 16.4. The third kappa shape index (κ3) is 4.78. The first-order chi connectivity index (χ1) is 10.6. The van der Waals surface area contributed by atoms with Crippen molar-refractivity contribution in [1.82, 2.24) is 15.6 Å². The van der Waals surface area contributed by atoms with Crippen LogP contribution in [0.3, 0.4) is 0 Å². The van der Waals surface area contributed by atoms with Crippen LogP contribution in [0.2, 0.25) is 0 Å². The van der Waals surface area contributed by atoms with Crippen LogP contribution in [-0.4, -0.2) is 29.2 Å². The minimum atomic E-state index is -1.08. The molecule has 2 rings (SSSR count). The number of urea groups is 1. The van der Waals surface area contributed by atoms with E-state index < -0.39 is 18.0 Å². The number of halogens is 1. The smallest absolute Gasteiger partial charge is 0.314 e. The van der Waals surface area contributed by atoms with Gasteiger partial charge in [-0.15, -0.1) is 11.3 Å². The molecule has 118 valence electrons. The maximum absolute atomic E-state index is 13.5. The summed E-state index contributed by atoms with van der Waals surface area (Å²) in [6.07, 6.45) is -0.429. The number of thiazole rings is 1. The fourth-order valence-corrected chi connectivity index (χ4v) is 2.58. The lowest BCUT2D eigenvalue weighted by molar-refractivity contribution is 0.169. The highest BCUT2D eigenvalue weighted by atomic mass is 32.1. The van der Waals surface area contributed by atoms with E-state index in [0.29, 0.717) is 13.0 Å². The number of benzene rings is 1. The van der Waals surface area contributed by atoms with Crippen LogP contribution >= 0.6 is 11.3 Å². The van der Waals surface area contributed by atoms with E-state index in [-0.39, 0.29) is 12.1 Å². The Labute approximate surface area is 132 Å². The number of nitrogens with one attached hydrogen (secondary N) is 2. The molecule has 2 amide bonds. The molecule has 5 nitrogen and oxygen atoms in total. The van der Waals surface area contributed by atoms with Gasteiger partial charge in [-0.25, -0.2) is 14.2 Å². The van der Waals surface area contributed by atoms with Crippen LogP contribution in [0.5, 0.6) is 0 Å². The molecule has 7 heteroatoms. The zero-order chi connectivity index (χ0) is 15.9. The minimum absolute atomic E-state index is 0.0530. The molecule has 0 radical (unpaired) electrons. The van der Waals surface area contributed by atoms with Gasteiger partial charge in [0.05, 0.1) is 16.8 Å². The zero-order valence-electron chi connectivity index (χ0n) is 12.2. The molecule has 22 heavy (non-hydrogen) atoms. The Morgan fingerprint density at radius 2 is 2.18 bits per heavy atom. The Bertz CT molecular complexity index is 633. The van der Waals surface area contributed by atoms with Gasteiger partial charge in [0.25, 0.3) is 0 Å². The van der Waals surface area contributed by atoms with Gasteiger partial charge in [0, 0.05) is 30.5 Å². The Hall–Kier alpha value is -1.99. The molecule has 1 aromatic heterocycles. The number of aromatic nitrogens is 1. The van der Waals surface area contributed by atoms with Gasteiger partial charge < -0.3 is 15.7 Å². The molecule has 1 heterocycles. The lowest BCUT2D eigenvalue weighted by Gasteiger charge is -2.13. The molecule has 0 spiro atoms. The van der Waals surface area contributed by atoms with Crippen LogP contribution in [0, 0.1) is 12.7 Å². The van der Waals surface area contributed by atoms with Gasteiger partial charge in [-0.1, -0.05) is 18.2 Å². The van der Waals surface area contributed by atoms with Gasteiger partial charge in [-0.3, -0.25) is 0 Å². The van der Waals surface area contributed by atoms with Crippen molar-refractivity contribution in [3.8, 4) is 0 Å². The molecule has 1 aromatic carbocycles. The van der Waals surface area contributed by atoms with E-state index >= 15 is 0 Å². The highest BCUT2D eigenvalue weighted by Crippen LogP contribution is 2.15. The van der Waals surface area contributed by atoms with E-state index in [4.69, 9.17) is 0 Å². The largest absolute Gasteiger partial charge is 0.386 e. The van der Waals surface area contributed by atoms with Crippen LogP contribution < -0.4 is 10.6 Å². The maximum atomic E-state index is 13.5. The second kappa shape index (κ2) is 7.86. The SMILES string of the molecule is Cc1nc(CCNC(=O)NCC(O)c2ccccc2F)cs1. The highest BCUT2D eigenvalue weighted by molar-refractivity contribution is 7.09.